The topological polar surface area (TPSA) is 68.0 Å². The van der Waals surface area contributed by atoms with E-state index in [1.165, 1.54) is 4.68 Å². The van der Waals surface area contributed by atoms with E-state index in [-0.39, 0.29) is 12.0 Å². The predicted octanol–water partition coefficient (Wildman–Crippen LogP) is 0.660. The van der Waals surface area contributed by atoms with Crippen molar-refractivity contribution in [2.75, 3.05) is 0 Å². The molecule has 1 N–H and O–H groups in total. The maximum atomic E-state index is 10.5. The molecule has 0 saturated carbocycles. The summed E-state index contributed by atoms with van der Waals surface area (Å²) in [5.74, 6) is -0.906. The molecule has 0 aliphatic rings. The first-order valence-electron chi connectivity index (χ1n) is 4.02. The van der Waals surface area contributed by atoms with Crippen molar-refractivity contribution in [1.29, 1.82) is 0 Å². The first kappa shape index (κ1) is 9.70. The van der Waals surface area contributed by atoms with Crippen molar-refractivity contribution < 1.29 is 9.90 Å². The summed E-state index contributed by atoms with van der Waals surface area (Å²) in [5.41, 5.74) is 0.703. The van der Waals surface area contributed by atoms with Crippen molar-refractivity contribution in [3.05, 3.63) is 11.9 Å². The second-order valence-corrected chi connectivity index (χ2v) is 3.92. The number of hydrogen-bond acceptors (Lipinski definition) is 3. The fourth-order valence-electron chi connectivity index (χ4n) is 1.08. The standard InChI is InChI=1S/C8H13N3O2/c1-8(2,3)6-4-9-10-11(6)5-7(12)13/h4H,5H2,1-3H3,(H,12,13). The number of aromatic nitrogens is 3. The third-order valence-electron chi connectivity index (χ3n) is 1.67. The van der Waals surface area contributed by atoms with Crippen molar-refractivity contribution in [1.82, 2.24) is 15.0 Å². The van der Waals surface area contributed by atoms with Crippen molar-refractivity contribution in [2.45, 2.75) is 32.7 Å². The highest BCUT2D eigenvalue weighted by Crippen LogP contribution is 2.20. The average Bonchev–Trinajstić information content (AvgIpc) is 2.31. The number of carbonyl (C=O) groups is 1. The molecule has 0 bridgehead atoms. The summed E-state index contributed by atoms with van der Waals surface area (Å²) in [6, 6.07) is 0. The second kappa shape index (κ2) is 3.16. The molecule has 5 nitrogen and oxygen atoms in total. The molecule has 0 unspecified atom stereocenters. The molecule has 0 radical (unpaired) electrons. The molecule has 0 fully saturated rings. The molecule has 1 aromatic rings. The zero-order chi connectivity index (χ0) is 10.1. The number of nitrogens with zero attached hydrogens (tertiary/aromatic N) is 3. The Kier molecular flexibility index (Phi) is 2.36. The van der Waals surface area contributed by atoms with Gasteiger partial charge in [0.25, 0.3) is 0 Å². The summed E-state index contributed by atoms with van der Waals surface area (Å²) >= 11 is 0. The Morgan fingerprint density at radius 1 is 1.62 bits per heavy atom. The number of aliphatic carboxylic acids is 1. The van der Waals surface area contributed by atoms with Crippen LogP contribution in [0.5, 0.6) is 0 Å². The molecule has 72 valence electrons. The number of carboxylic acid groups (broad SMARTS) is 1. The van der Waals surface area contributed by atoms with Gasteiger partial charge in [0.1, 0.15) is 6.54 Å². The molecule has 1 rings (SSSR count). The van der Waals surface area contributed by atoms with Crippen molar-refractivity contribution >= 4 is 5.97 Å². The maximum absolute atomic E-state index is 10.5. The van der Waals surface area contributed by atoms with Gasteiger partial charge in [0.2, 0.25) is 0 Å². The van der Waals surface area contributed by atoms with Crippen LogP contribution < -0.4 is 0 Å². The van der Waals surface area contributed by atoms with Gasteiger partial charge in [-0.3, -0.25) is 4.79 Å². The van der Waals surface area contributed by atoms with Crippen LogP contribution >= 0.6 is 0 Å². The molecule has 0 amide bonds. The van der Waals surface area contributed by atoms with Gasteiger partial charge in [-0.25, -0.2) is 4.68 Å². The molecule has 1 aromatic heterocycles. The maximum Gasteiger partial charge on any atom is 0.325 e. The Hall–Kier alpha value is -1.39. The summed E-state index contributed by atoms with van der Waals surface area (Å²) in [4.78, 5) is 10.5. The third-order valence-corrected chi connectivity index (χ3v) is 1.67. The highest BCUT2D eigenvalue weighted by Gasteiger charge is 2.20. The summed E-state index contributed by atoms with van der Waals surface area (Å²) in [5, 5.41) is 16.0. The zero-order valence-corrected chi connectivity index (χ0v) is 7.98. The third kappa shape index (κ3) is 2.27. The van der Waals surface area contributed by atoms with E-state index in [1.54, 1.807) is 6.20 Å². The van der Waals surface area contributed by atoms with Crippen LogP contribution in [0.2, 0.25) is 0 Å². The first-order chi connectivity index (χ1) is 5.91. The first-order valence-corrected chi connectivity index (χ1v) is 4.02. The molecular formula is C8H13N3O2. The van der Waals surface area contributed by atoms with Gasteiger partial charge in [0, 0.05) is 5.41 Å². The lowest BCUT2D eigenvalue weighted by Gasteiger charge is -2.18. The molecular weight excluding hydrogens is 170 g/mol. The summed E-state index contributed by atoms with van der Waals surface area (Å²) in [6.07, 6.45) is 1.60. The van der Waals surface area contributed by atoms with Crippen LogP contribution in [0.3, 0.4) is 0 Å². The highest BCUT2D eigenvalue weighted by atomic mass is 16.4. The summed E-state index contributed by atoms with van der Waals surface area (Å²) in [6.45, 7) is 5.84. The van der Waals surface area contributed by atoms with E-state index in [2.05, 4.69) is 10.3 Å². The monoisotopic (exact) mass is 183 g/mol. The fraction of sp³-hybridized carbons (Fsp3) is 0.625. The van der Waals surface area contributed by atoms with Crippen LogP contribution in [-0.4, -0.2) is 26.1 Å². The minimum atomic E-state index is -0.906. The van der Waals surface area contributed by atoms with Gasteiger partial charge in [-0.05, 0) is 0 Å². The van der Waals surface area contributed by atoms with Crippen LogP contribution in [-0.2, 0) is 16.8 Å². The van der Waals surface area contributed by atoms with Gasteiger partial charge in [0.15, 0.2) is 0 Å². The van der Waals surface area contributed by atoms with E-state index < -0.39 is 5.97 Å². The molecule has 0 saturated heterocycles. The van der Waals surface area contributed by atoms with Crippen molar-refractivity contribution in [3.8, 4) is 0 Å². The zero-order valence-electron chi connectivity index (χ0n) is 7.98. The lowest BCUT2D eigenvalue weighted by atomic mass is 9.93. The average molecular weight is 183 g/mol. The van der Waals surface area contributed by atoms with Gasteiger partial charge < -0.3 is 5.11 Å². The number of carboxylic acids is 1. The Balaban J connectivity index is 2.96. The minimum Gasteiger partial charge on any atom is -0.480 e. The molecule has 0 aromatic carbocycles. The van der Waals surface area contributed by atoms with Gasteiger partial charge in [-0.1, -0.05) is 26.0 Å². The van der Waals surface area contributed by atoms with Gasteiger partial charge >= 0.3 is 5.97 Å². The van der Waals surface area contributed by atoms with Gasteiger partial charge in [-0.15, -0.1) is 5.10 Å². The molecule has 0 spiro atoms. The van der Waals surface area contributed by atoms with Crippen LogP contribution in [0.4, 0.5) is 0 Å². The van der Waals surface area contributed by atoms with Crippen molar-refractivity contribution in [3.63, 3.8) is 0 Å². The van der Waals surface area contributed by atoms with Crippen molar-refractivity contribution in [2.24, 2.45) is 0 Å². The number of hydrogen-bond donors (Lipinski definition) is 1. The van der Waals surface area contributed by atoms with Gasteiger partial charge in [-0.2, -0.15) is 0 Å². The lowest BCUT2D eigenvalue weighted by Crippen LogP contribution is -2.21. The number of rotatable bonds is 2. The molecule has 0 aliphatic carbocycles. The van der Waals surface area contributed by atoms with E-state index in [0.717, 1.165) is 5.69 Å². The lowest BCUT2D eigenvalue weighted by molar-refractivity contribution is -0.138. The molecule has 5 heteroatoms. The Bertz CT molecular complexity index is 311. The Morgan fingerprint density at radius 2 is 2.23 bits per heavy atom. The van der Waals surface area contributed by atoms with Crippen LogP contribution in [0.15, 0.2) is 6.20 Å². The quantitative estimate of drug-likeness (QED) is 0.731. The smallest absolute Gasteiger partial charge is 0.325 e. The van der Waals surface area contributed by atoms with Crippen LogP contribution in [0.1, 0.15) is 26.5 Å². The van der Waals surface area contributed by atoms with E-state index in [9.17, 15) is 4.79 Å². The van der Waals surface area contributed by atoms with E-state index >= 15 is 0 Å². The predicted molar refractivity (Wildman–Crippen MR) is 46.4 cm³/mol. The molecule has 13 heavy (non-hydrogen) atoms. The Morgan fingerprint density at radius 3 is 2.69 bits per heavy atom. The largest absolute Gasteiger partial charge is 0.480 e. The van der Waals surface area contributed by atoms with E-state index in [0.29, 0.717) is 0 Å². The SMILES string of the molecule is CC(C)(C)c1cnnn1CC(=O)O. The summed E-state index contributed by atoms with van der Waals surface area (Å²) < 4.78 is 1.41. The van der Waals surface area contributed by atoms with E-state index in [1.807, 2.05) is 20.8 Å². The fourth-order valence-corrected chi connectivity index (χ4v) is 1.08. The minimum absolute atomic E-state index is 0.126. The van der Waals surface area contributed by atoms with Crippen LogP contribution in [0, 0.1) is 0 Å². The molecule has 1 heterocycles. The second-order valence-electron chi connectivity index (χ2n) is 3.92. The molecule has 0 atom stereocenters. The Labute approximate surface area is 76.4 Å². The van der Waals surface area contributed by atoms with Crippen LogP contribution in [0.25, 0.3) is 0 Å². The van der Waals surface area contributed by atoms with Gasteiger partial charge in [0.05, 0.1) is 11.9 Å². The summed E-state index contributed by atoms with van der Waals surface area (Å²) in [7, 11) is 0. The van der Waals surface area contributed by atoms with E-state index in [4.69, 9.17) is 5.11 Å². The molecule has 0 aliphatic heterocycles. The normalized spacial score (nSPS) is 11.6. The highest BCUT2D eigenvalue weighted by molar-refractivity contribution is 5.66.